The second-order valence-electron chi connectivity index (χ2n) is 7.98. The number of aliphatic hydroxyl groups is 1. The number of aryl methyl sites for hydroxylation is 1. The van der Waals surface area contributed by atoms with Crippen LogP contribution in [-0.2, 0) is 6.42 Å². The first-order valence-electron chi connectivity index (χ1n) is 9.97. The van der Waals surface area contributed by atoms with Crippen molar-refractivity contribution in [3.05, 3.63) is 53.6 Å². The molecule has 1 heterocycles. The van der Waals surface area contributed by atoms with Gasteiger partial charge in [0.1, 0.15) is 0 Å². The highest BCUT2D eigenvalue weighted by atomic mass is 16.3. The predicted octanol–water partition coefficient (Wildman–Crippen LogP) is 5.30. The zero-order valence-electron chi connectivity index (χ0n) is 15.9. The van der Waals surface area contributed by atoms with Gasteiger partial charge in [0.25, 0.3) is 0 Å². The molecule has 0 bridgehead atoms. The Bertz CT molecular complexity index is 633. The largest absolute Gasteiger partial charge is 0.396 e. The molecule has 0 radical (unpaired) electrons. The number of hydrogen-bond donors (Lipinski definition) is 2. The molecule has 2 heteroatoms. The average molecular weight is 340 g/mol. The van der Waals surface area contributed by atoms with Crippen molar-refractivity contribution in [2.24, 2.45) is 17.8 Å². The Morgan fingerprint density at radius 3 is 2.80 bits per heavy atom. The van der Waals surface area contributed by atoms with Gasteiger partial charge >= 0.3 is 0 Å². The fourth-order valence-electron chi connectivity index (χ4n) is 4.46. The van der Waals surface area contributed by atoms with Crippen LogP contribution in [0.5, 0.6) is 0 Å². The third kappa shape index (κ3) is 4.00. The lowest BCUT2D eigenvalue weighted by molar-refractivity contribution is 0.208. The van der Waals surface area contributed by atoms with E-state index >= 15 is 0 Å². The van der Waals surface area contributed by atoms with Crippen LogP contribution >= 0.6 is 0 Å². The van der Waals surface area contributed by atoms with Gasteiger partial charge in [-0.2, -0.15) is 0 Å². The lowest BCUT2D eigenvalue weighted by Gasteiger charge is -2.43. The molecule has 1 aromatic carbocycles. The molecule has 2 nitrogen and oxygen atoms in total. The Kier molecular flexibility index (Phi) is 6.01. The van der Waals surface area contributed by atoms with Crippen LogP contribution in [0.1, 0.15) is 57.1 Å². The van der Waals surface area contributed by atoms with Gasteiger partial charge < -0.3 is 10.4 Å². The van der Waals surface area contributed by atoms with Gasteiger partial charge in [0.2, 0.25) is 0 Å². The molecule has 2 N–H and O–H groups in total. The zero-order chi connectivity index (χ0) is 17.8. The summed E-state index contributed by atoms with van der Waals surface area (Å²) < 4.78 is 0. The summed E-state index contributed by atoms with van der Waals surface area (Å²) in [5, 5.41) is 13.3. The van der Waals surface area contributed by atoms with Crippen molar-refractivity contribution in [2.45, 2.75) is 58.4 Å². The molecule has 2 aliphatic rings. The Morgan fingerprint density at radius 2 is 2.12 bits per heavy atom. The van der Waals surface area contributed by atoms with Gasteiger partial charge in [0.05, 0.1) is 0 Å². The van der Waals surface area contributed by atoms with Gasteiger partial charge in [0, 0.05) is 24.3 Å². The first kappa shape index (κ1) is 18.3. The Hall–Kier alpha value is -1.54. The van der Waals surface area contributed by atoms with Crippen molar-refractivity contribution in [3.8, 4) is 0 Å². The van der Waals surface area contributed by atoms with E-state index in [1.165, 1.54) is 23.2 Å². The summed E-state index contributed by atoms with van der Waals surface area (Å²) in [5.74, 6) is 2.10. The molecule has 0 aromatic heterocycles. The number of benzene rings is 1. The summed E-state index contributed by atoms with van der Waals surface area (Å²) in [7, 11) is 0. The third-order valence-electron chi connectivity index (χ3n) is 6.22. The molecule has 1 aromatic rings. The van der Waals surface area contributed by atoms with Gasteiger partial charge in [-0.3, -0.25) is 0 Å². The minimum Gasteiger partial charge on any atom is -0.396 e. The van der Waals surface area contributed by atoms with Crippen LogP contribution < -0.4 is 5.32 Å². The van der Waals surface area contributed by atoms with Crippen molar-refractivity contribution in [1.29, 1.82) is 0 Å². The van der Waals surface area contributed by atoms with E-state index in [2.05, 4.69) is 68.6 Å². The smallest absolute Gasteiger partial charge is 0.0456 e. The van der Waals surface area contributed by atoms with Crippen molar-refractivity contribution in [1.82, 2.24) is 0 Å². The number of fused-ring (bicyclic) bond motifs is 1. The molecule has 0 saturated heterocycles. The average Bonchev–Trinajstić information content (AvgIpc) is 2.67. The summed E-state index contributed by atoms with van der Waals surface area (Å²) in [6.07, 6.45) is 13.5. The molecule has 0 spiro atoms. The molecule has 1 aliphatic heterocycles. The second kappa shape index (κ2) is 8.23. The van der Waals surface area contributed by atoms with Gasteiger partial charge in [-0.05, 0) is 60.6 Å². The number of nitrogens with one attached hydrogen (secondary N) is 1. The third-order valence-corrected chi connectivity index (χ3v) is 6.22. The van der Waals surface area contributed by atoms with Crippen LogP contribution in [-0.4, -0.2) is 17.8 Å². The van der Waals surface area contributed by atoms with Crippen LogP contribution in [0.15, 0.2) is 42.5 Å². The summed E-state index contributed by atoms with van der Waals surface area (Å²) in [6.45, 7) is 7.08. The standard InChI is InChI=1S/C23H33NO/c1-4-18-11-13-22-21(14-18)17(3)20(12-10-16(2)15-25)23(24-22)19-8-6-5-7-9-19/h5-8,11,13-14,16-17,19-20,23-25H,4,9-10,12,15H2,1-3H3/t16-,17+,19?,20-,23+/m1/s1. The van der Waals surface area contributed by atoms with E-state index in [4.69, 9.17) is 0 Å². The molecule has 3 rings (SSSR count). The Balaban J connectivity index is 1.88. The summed E-state index contributed by atoms with van der Waals surface area (Å²) in [4.78, 5) is 0. The summed E-state index contributed by atoms with van der Waals surface area (Å²) in [6, 6.07) is 7.43. The lowest BCUT2D eigenvalue weighted by Crippen LogP contribution is -2.42. The van der Waals surface area contributed by atoms with Crippen LogP contribution in [0.2, 0.25) is 0 Å². The molecule has 136 valence electrons. The molecular weight excluding hydrogens is 306 g/mol. The van der Waals surface area contributed by atoms with Crippen molar-refractivity contribution < 1.29 is 5.11 Å². The van der Waals surface area contributed by atoms with Crippen molar-refractivity contribution in [3.63, 3.8) is 0 Å². The van der Waals surface area contributed by atoms with Gasteiger partial charge in [-0.1, -0.05) is 57.2 Å². The van der Waals surface area contributed by atoms with E-state index in [1.54, 1.807) is 0 Å². The monoisotopic (exact) mass is 339 g/mol. The van der Waals surface area contributed by atoms with Gasteiger partial charge in [-0.15, -0.1) is 0 Å². The van der Waals surface area contributed by atoms with Crippen LogP contribution in [0.25, 0.3) is 0 Å². The van der Waals surface area contributed by atoms with Crippen LogP contribution in [0.3, 0.4) is 0 Å². The highest BCUT2D eigenvalue weighted by molar-refractivity contribution is 5.58. The van der Waals surface area contributed by atoms with Crippen LogP contribution in [0.4, 0.5) is 5.69 Å². The van der Waals surface area contributed by atoms with Crippen molar-refractivity contribution >= 4 is 5.69 Å². The summed E-state index contributed by atoms with van der Waals surface area (Å²) >= 11 is 0. The fraction of sp³-hybridized carbons (Fsp3) is 0.565. The molecule has 25 heavy (non-hydrogen) atoms. The molecule has 0 fully saturated rings. The lowest BCUT2D eigenvalue weighted by atomic mass is 9.70. The zero-order valence-corrected chi connectivity index (χ0v) is 15.9. The van der Waals surface area contributed by atoms with E-state index in [1.807, 2.05) is 0 Å². The SMILES string of the molecule is CCc1ccc2c(c1)[C@@H](C)[C@@H](CC[C@@H](C)CO)[C@H](C1C=CC=CC1)N2. The maximum Gasteiger partial charge on any atom is 0.0456 e. The number of rotatable bonds is 6. The van der Waals surface area contributed by atoms with E-state index in [0.29, 0.717) is 36.3 Å². The molecular formula is C23H33NO. The quantitative estimate of drug-likeness (QED) is 0.737. The Morgan fingerprint density at radius 1 is 1.28 bits per heavy atom. The second-order valence-corrected chi connectivity index (χ2v) is 7.98. The fourth-order valence-corrected chi connectivity index (χ4v) is 4.46. The topological polar surface area (TPSA) is 32.3 Å². The predicted molar refractivity (Wildman–Crippen MR) is 107 cm³/mol. The minimum absolute atomic E-state index is 0.293. The van der Waals surface area contributed by atoms with E-state index in [0.717, 1.165) is 19.3 Å². The van der Waals surface area contributed by atoms with E-state index in [-0.39, 0.29) is 0 Å². The Labute approximate surface area is 153 Å². The van der Waals surface area contributed by atoms with E-state index < -0.39 is 0 Å². The summed E-state index contributed by atoms with van der Waals surface area (Å²) in [5.41, 5.74) is 4.23. The minimum atomic E-state index is 0.293. The molecule has 1 aliphatic carbocycles. The molecule has 1 unspecified atom stereocenters. The first-order chi connectivity index (χ1) is 12.1. The maximum absolute atomic E-state index is 9.43. The molecule has 0 saturated carbocycles. The maximum atomic E-state index is 9.43. The van der Waals surface area contributed by atoms with E-state index in [9.17, 15) is 5.11 Å². The molecule has 5 atom stereocenters. The number of aliphatic hydroxyl groups excluding tert-OH is 1. The van der Waals surface area contributed by atoms with Gasteiger partial charge in [0.15, 0.2) is 0 Å². The molecule has 0 amide bonds. The number of allylic oxidation sites excluding steroid dienone is 3. The van der Waals surface area contributed by atoms with Crippen LogP contribution in [0, 0.1) is 17.8 Å². The van der Waals surface area contributed by atoms with Crippen molar-refractivity contribution in [2.75, 3.05) is 11.9 Å². The van der Waals surface area contributed by atoms with Gasteiger partial charge in [-0.25, -0.2) is 0 Å². The first-order valence-corrected chi connectivity index (χ1v) is 9.97. The number of hydrogen-bond acceptors (Lipinski definition) is 2. The highest BCUT2D eigenvalue weighted by Gasteiger charge is 2.37. The normalized spacial score (nSPS) is 29.1. The number of anilines is 1. The highest BCUT2D eigenvalue weighted by Crippen LogP contribution is 2.44.